The molecule has 0 saturated heterocycles. The van der Waals surface area contributed by atoms with Gasteiger partial charge in [-0.3, -0.25) is 0 Å². The van der Waals surface area contributed by atoms with Gasteiger partial charge in [0, 0.05) is 11.3 Å². The quantitative estimate of drug-likeness (QED) is 0.905. The van der Waals surface area contributed by atoms with E-state index in [1.54, 1.807) is 22.7 Å². The molecule has 92 valence electrons. The Hall–Kier alpha value is -1.01. The predicted molar refractivity (Wildman–Crippen MR) is 72.8 cm³/mol. The summed E-state index contributed by atoms with van der Waals surface area (Å²) in [4.78, 5) is 5.75. The Labute approximate surface area is 109 Å². The van der Waals surface area contributed by atoms with Crippen molar-refractivity contribution in [1.82, 2.24) is 15.2 Å². The molecule has 0 aliphatic rings. The fourth-order valence-corrected chi connectivity index (χ4v) is 3.21. The molecule has 6 heteroatoms. The zero-order valence-electron chi connectivity index (χ0n) is 10.3. The summed E-state index contributed by atoms with van der Waals surface area (Å²) in [6.07, 6.45) is 2.12. The normalized spacial score (nSPS) is 10.8. The van der Waals surface area contributed by atoms with Gasteiger partial charge in [-0.2, -0.15) is 0 Å². The fourth-order valence-electron chi connectivity index (χ4n) is 1.54. The largest absolute Gasteiger partial charge is 0.354 e. The minimum Gasteiger partial charge on any atom is -0.354 e. The summed E-state index contributed by atoms with van der Waals surface area (Å²) in [7, 11) is 0. The maximum absolute atomic E-state index is 4.48. The molecule has 0 atom stereocenters. The van der Waals surface area contributed by atoms with E-state index >= 15 is 0 Å². The van der Waals surface area contributed by atoms with Crippen molar-refractivity contribution in [2.24, 2.45) is 0 Å². The molecule has 0 aliphatic heterocycles. The van der Waals surface area contributed by atoms with Gasteiger partial charge in [-0.1, -0.05) is 18.3 Å². The number of nitrogens with zero attached hydrogens (tertiary/aromatic N) is 3. The van der Waals surface area contributed by atoms with Crippen molar-refractivity contribution in [2.45, 2.75) is 40.2 Å². The number of aryl methyl sites for hydroxylation is 3. The third-order valence-corrected chi connectivity index (χ3v) is 4.21. The first-order valence-corrected chi connectivity index (χ1v) is 7.31. The first-order valence-electron chi connectivity index (χ1n) is 5.68. The molecule has 0 aromatic carbocycles. The van der Waals surface area contributed by atoms with E-state index in [-0.39, 0.29) is 0 Å². The molecule has 0 spiro atoms. The number of rotatable bonds is 5. The van der Waals surface area contributed by atoms with Crippen molar-refractivity contribution in [3.8, 4) is 0 Å². The minimum absolute atomic E-state index is 0.733. The van der Waals surface area contributed by atoms with Crippen LogP contribution in [-0.4, -0.2) is 15.2 Å². The third-order valence-electron chi connectivity index (χ3n) is 2.34. The number of hydrogen-bond donors (Lipinski definition) is 1. The number of hydrogen-bond acceptors (Lipinski definition) is 6. The number of anilines is 1. The lowest BCUT2D eigenvalue weighted by Crippen LogP contribution is -2.00. The molecule has 0 bridgehead atoms. The summed E-state index contributed by atoms with van der Waals surface area (Å²) in [6.45, 7) is 7.02. The molecule has 0 saturated carbocycles. The van der Waals surface area contributed by atoms with Gasteiger partial charge in [0.1, 0.15) is 5.01 Å². The summed E-state index contributed by atoms with van der Waals surface area (Å²) in [6, 6.07) is 0. The lowest BCUT2D eigenvalue weighted by atomic mass is 10.4. The van der Waals surface area contributed by atoms with Gasteiger partial charge in [0.05, 0.1) is 17.2 Å². The van der Waals surface area contributed by atoms with Crippen LogP contribution in [-0.2, 0) is 13.0 Å². The maximum Gasteiger partial charge on any atom is 0.205 e. The summed E-state index contributed by atoms with van der Waals surface area (Å²) >= 11 is 3.37. The van der Waals surface area contributed by atoms with Gasteiger partial charge in [0.15, 0.2) is 0 Å². The highest BCUT2D eigenvalue weighted by Crippen LogP contribution is 2.20. The van der Waals surface area contributed by atoms with Gasteiger partial charge in [-0.05, 0) is 20.3 Å². The Balaban J connectivity index is 1.95. The summed E-state index contributed by atoms with van der Waals surface area (Å²) in [5, 5.41) is 14.6. The van der Waals surface area contributed by atoms with Crippen molar-refractivity contribution < 1.29 is 0 Å². The topological polar surface area (TPSA) is 50.7 Å². The van der Waals surface area contributed by atoms with E-state index in [4.69, 9.17) is 0 Å². The van der Waals surface area contributed by atoms with E-state index in [1.165, 1.54) is 4.88 Å². The highest BCUT2D eigenvalue weighted by Gasteiger charge is 2.07. The average molecular weight is 268 g/mol. The molecule has 17 heavy (non-hydrogen) atoms. The Bertz CT molecular complexity index is 489. The molecule has 2 heterocycles. The van der Waals surface area contributed by atoms with Crippen LogP contribution in [0.25, 0.3) is 0 Å². The number of aromatic nitrogens is 3. The van der Waals surface area contributed by atoms with E-state index in [0.29, 0.717) is 0 Å². The van der Waals surface area contributed by atoms with E-state index < -0.39 is 0 Å². The van der Waals surface area contributed by atoms with Crippen molar-refractivity contribution >= 4 is 27.8 Å². The van der Waals surface area contributed by atoms with Crippen LogP contribution in [0.4, 0.5) is 5.13 Å². The smallest absolute Gasteiger partial charge is 0.205 e. The Morgan fingerprint density at radius 3 is 2.65 bits per heavy atom. The second kappa shape index (κ2) is 5.55. The standard InChI is InChI=1S/C11H16N4S2/c1-4-5-10-14-15-11(17-10)12-6-9-7(2)16-8(3)13-9/h4-6H2,1-3H3,(H,12,15). The second-order valence-corrected chi connectivity index (χ2v) is 6.31. The molecule has 0 amide bonds. The molecule has 0 unspecified atom stereocenters. The van der Waals surface area contributed by atoms with Crippen LogP contribution in [0, 0.1) is 13.8 Å². The molecule has 4 nitrogen and oxygen atoms in total. The first-order chi connectivity index (χ1) is 8.19. The second-order valence-electron chi connectivity index (χ2n) is 3.84. The van der Waals surface area contributed by atoms with Crippen LogP contribution in [0.3, 0.4) is 0 Å². The monoisotopic (exact) mass is 268 g/mol. The van der Waals surface area contributed by atoms with Gasteiger partial charge in [0.2, 0.25) is 5.13 Å². The lowest BCUT2D eigenvalue weighted by molar-refractivity contribution is 0.877. The van der Waals surface area contributed by atoms with Crippen LogP contribution < -0.4 is 5.32 Å². The molecule has 2 aromatic rings. The maximum atomic E-state index is 4.48. The molecule has 0 aliphatic carbocycles. The van der Waals surface area contributed by atoms with E-state index in [2.05, 4.69) is 34.3 Å². The zero-order chi connectivity index (χ0) is 12.3. The van der Waals surface area contributed by atoms with Crippen LogP contribution in [0.5, 0.6) is 0 Å². The van der Waals surface area contributed by atoms with Crippen LogP contribution in [0.15, 0.2) is 0 Å². The van der Waals surface area contributed by atoms with Gasteiger partial charge < -0.3 is 5.32 Å². The molecular weight excluding hydrogens is 252 g/mol. The van der Waals surface area contributed by atoms with E-state index in [1.807, 2.05) is 6.92 Å². The van der Waals surface area contributed by atoms with E-state index in [0.717, 1.165) is 40.2 Å². The summed E-state index contributed by atoms with van der Waals surface area (Å²) < 4.78 is 0. The zero-order valence-corrected chi connectivity index (χ0v) is 11.9. The SMILES string of the molecule is CCCc1nnc(NCc2nc(C)sc2C)s1. The van der Waals surface area contributed by atoms with Crippen LogP contribution >= 0.6 is 22.7 Å². The van der Waals surface area contributed by atoms with E-state index in [9.17, 15) is 0 Å². The molecule has 2 aromatic heterocycles. The molecular formula is C11H16N4S2. The van der Waals surface area contributed by atoms with Crippen molar-refractivity contribution in [2.75, 3.05) is 5.32 Å². The highest BCUT2D eigenvalue weighted by molar-refractivity contribution is 7.15. The Kier molecular flexibility index (Phi) is 4.06. The van der Waals surface area contributed by atoms with Gasteiger partial charge in [-0.25, -0.2) is 4.98 Å². The van der Waals surface area contributed by atoms with Crippen molar-refractivity contribution in [1.29, 1.82) is 0 Å². The Morgan fingerprint density at radius 2 is 2.00 bits per heavy atom. The van der Waals surface area contributed by atoms with Gasteiger partial charge >= 0.3 is 0 Å². The molecule has 0 radical (unpaired) electrons. The van der Waals surface area contributed by atoms with Gasteiger partial charge in [0.25, 0.3) is 0 Å². The van der Waals surface area contributed by atoms with Crippen LogP contribution in [0.1, 0.15) is 33.9 Å². The predicted octanol–water partition coefficient (Wildman–Crippen LogP) is 3.18. The number of thiazole rings is 1. The fraction of sp³-hybridized carbons (Fsp3) is 0.545. The summed E-state index contributed by atoms with van der Waals surface area (Å²) in [5.74, 6) is 0. The first kappa shape index (κ1) is 12.4. The molecule has 1 N–H and O–H groups in total. The van der Waals surface area contributed by atoms with Crippen LogP contribution in [0.2, 0.25) is 0 Å². The Morgan fingerprint density at radius 1 is 1.18 bits per heavy atom. The summed E-state index contributed by atoms with van der Waals surface area (Å²) in [5.41, 5.74) is 1.11. The van der Waals surface area contributed by atoms with Crippen molar-refractivity contribution in [3.05, 3.63) is 20.6 Å². The number of nitrogens with one attached hydrogen (secondary N) is 1. The van der Waals surface area contributed by atoms with Crippen molar-refractivity contribution in [3.63, 3.8) is 0 Å². The minimum atomic E-state index is 0.733. The molecule has 2 rings (SSSR count). The average Bonchev–Trinajstić information content (AvgIpc) is 2.83. The van der Waals surface area contributed by atoms with Gasteiger partial charge in [-0.15, -0.1) is 21.5 Å². The third kappa shape index (κ3) is 3.23. The lowest BCUT2D eigenvalue weighted by Gasteiger charge is -1.99. The molecule has 0 fully saturated rings. The highest BCUT2D eigenvalue weighted by atomic mass is 32.1.